The first-order chi connectivity index (χ1) is 10.3. The van der Waals surface area contributed by atoms with Crippen molar-refractivity contribution in [3.05, 3.63) is 71.9 Å². The van der Waals surface area contributed by atoms with Crippen LogP contribution in [-0.2, 0) is 6.42 Å². The maximum absolute atomic E-state index is 11.9. The van der Waals surface area contributed by atoms with Crippen LogP contribution in [0.3, 0.4) is 0 Å². The zero-order chi connectivity index (χ0) is 14.5. The molecule has 3 aromatic rings. The van der Waals surface area contributed by atoms with Crippen molar-refractivity contribution in [3.63, 3.8) is 0 Å². The van der Waals surface area contributed by atoms with E-state index in [9.17, 15) is 4.79 Å². The number of fused-ring (bicyclic) bond motifs is 1. The summed E-state index contributed by atoms with van der Waals surface area (Å²) < 4.78 is 0. The summed E-state index contributed by atoms with van der Waals surface area (Å²) in [6.45, 7) is 0.688. The summed E-state index contributed by atoms with van der Waals surface area (Å²) in [6, 6.07) is 17.6. The number of amides is 1. The summed E-state index contributed by atoms with van der Waals surface area (Å²) in [4.78, 5) is 15.2. The molecular formula is C18H18N2O. The molecule has 0 atom stereocenters. The van der Waals surface area contributed by atoms with Gasteiger partial charge in [0.2, 0.25) is 0 Å². The molecule has 2 aromatic carbocycles. The van der Waals surface area contributed by atoms with Gasteiger partial charge in [0.05, 0.1) is 0 Å². The average Bonchev–Trinajstić information content (AvgIpc) is 2.95. The van der Waals surface area contributed by atoms with Gasteiger partial charge in [0, 0.05) is 29.2 Å². The predicted octanol–water partition coefficient (Wildman–Crippen LogP) is 3.53. The summed E-state index contributed by atoms with van der Waals surface area (Å²) in [5, 5.41) is 4.23. The van der Waals surface area contributed by atoms with Crippen molar-refractivity contribution in [1.82, 2.24) is 10.3 Å². The number of H-pyrrole nitrogens is 1. The highest BCUT2D eigenvalue weighted by Gasteiger charge is 2.05. The number of aromatic nitrogens is 1. The van der Waals surface area contributed by atoms with E-state index in [1.165, 1.54) is 16.5 Å². The minimum Gasteiger partial charge on any atom is -0.361 e. The van der Waals surface area contributed by atoms with Crippen LogP contribution in [0.5, 0.6) is 0 Å². The topological polar surface area (TPSA) is 44.9 Å². The lowest BCUT2D eigenvalue weighted by atomic mass is 10.1. The molecule has 0 radical (unpaired) electrons. The van der Waals surface area contributed by atoms with Crippen LogP contribution in [0.25, 0.3) is 10.9 Å². The van der Waals surface area contributed by atoms with Crippen LogP contribution in [-0.4, -0.2) is 17.4 Å². The zero-order valence-electron chi connectivity index (χ0n) is 11.8. The molecule has 0 saturated heterocycles. The van der Waals surface area contributed by atoms with E-state index in [0.717, 1.165) is 12.8 Å². The van der Waals surface area contributed by atoms with Gasteiger partial charge in [0.25, 0.3) is 5.91 Å². The molecule has 3 heteroatoms. The summed E-state index contributed by atoms with van der Waals surface area (Å²) in [7, 11) is 0. The summed E-state index contributed by atoms with van der Waals surface area (Å²) in [5.41, 5.74) is 3.19. The number of benzene rings is 2. The molecule has 0 aliphatic rings. The largest absolute Gasteiger partial charge is 0.361 e. The van der Waals surface area contributed by atoms with Gasteiger partial charge in [-0.25, -0.2) is 0 Å². The number of rotatable bonds is 5. The van der Waals surface area contributed by atoms with Crippen molar-refractivity contribution in [3.8, 4) is 0 Å². The number of aromatic amines is 1. The second-order valence-corrected chi connectivity index (χ2v) is 5.08. The van der Waals surface area contributed by atoms with E-state index in [4.69, 9.17) is 0 Å². The highest BCUT2D eigenvalue weighted by molar-refractivity contribution is 5.94. The van der Waals surface area contributed by atoms with Crippen LogP contribution in [0.4, 0.5) is 0 Å². The molecule has 1 amide bonds. The van der Waals surface area contributed by atoms with Crippen LogP contribution in [0.2, 0.25) is 0 Å². The Hall–Kier alpha value is -2.55. The lowest BCUT2D eigenvalue weighted by Gasteiger charge is -2.05. The summed E-state index contributed by atoms with van der Waals surface area (Å²) in [6.07, 6.45) is 3.95. The molecule has 0 saturated carbocycles. The SMILES string of the molecule is O=C(NCCCc1c[nH]c2ccccc12)c1ccccc1. The first-order valence-corrected chi connectivity index (χ1v) is 7.23. The van der Waals surface area contributed by atoms with Gasteiger partial charge in [-0.1, -0.05) is 36.4 Å². The molecule has 21 heavy (non-hydrogen) atoms. The second-order valence-electron chi connectivity index (χ2n) is 5.08. The number of carbonyl (C=O) groups excluding carboxylic acids is 1. The van der Waals surface area contributed by atoms with E-state index in [-0.39, 0.29) is 5.91 Å². The van der Waals surface area contributed by atoms with Crippen LogP contribution < -0.4 is 5.32 Å². The minimum absolute atomic E-state index is 0.00507. The van der Waals surface area contributed by atoms with Gasteiger partial charge in [-0.15, -0.1) is 0 Å². The molecule has 3 nitrogen and oxygen atoms in total. The quantitative estimate of drug-likeness (QED) is 0.689. The van der Waals surface area contributed by atoms with Crippen molar-refractivity contribution in [2.75, 3.05) is 6.54 Å². The third kappa shape index (κ3) is 3.14. The maximum atomic E-state index is 11.9. The Labute approximate surface area is 124 Å². The smallest absolute Gasteiger partial charge is 0.251 e. The molecule has 2 N–H and O–H groups in total. The Morgan fingerprint density at radius 2 is 1.76 bits per heavy atom. The molecule has 0 fully saturated rings. The highest BCUT2D eigenvalue weighted by atomic mass is 16.1. The van der Waals surface area contributed by atoms with Crippen molar-refractivity contribution in [2.45, 2.75) is 12.8 Å². The number of hydrogen-bond donors (Lipinski definition) is 2. The van der Waals surface area contributed by atoms with Crippen molar-refractivity contribution >= 4 is 16.8 Å². The standard InChI is InChI=1S/C18H18N2O/c21-18(14-7-2-1-3-8-14)19-12-6-9-15-13-20-17-11-5-4-10-16(15)17/h1-5,7-8,10-11,13,20H,6,9,12H2,(H,19,21). The van der Waals surface area contributed by atoms with Gasteiger partial charge in [-0.3, -0.25) is 4.79 Å². The lowest BCUT2D eigenvalue weighted by Crippen LogP contribution is -2.24. The maximum Gasteiger partial charge on any atom is 0.251 e. The Bertz CT molecular complexity index is 731. The fourth-order valence-electron chi connectivity index (χ4n) is 2.51. The number of hydrogen-bond acceptors (Lipinski definition) is 1. The van der Waals surface area contributed by atoms with Gasteiger partial charge in [0.1, 0.15) is 0 Å². The van der Waals surface area contributed by atoms with Gasteiger partial charge >= 0.3 is 0 Å². The van der Waals surface area contributed by atoms with Crippen LogP contribution in [0, 0.1) is 0 Å². The zero-order valence-corrected chi connectivity index (χ0v) is 11.8. The van der Waals surface area contributed by atoms with Gasteiger partial charge in [0.15, 0.2) is 0 Å². The van der Waals surface area contributed by atoms with Crippen molar-refractivity contribution in [2.24, 2.45) is 0 Å². The molecule has 3 rings (SSSR count). The second kappa shape index (κ2) is 6.27. The molecule has 0 aliphatic heterocycles. The van der Waals surface area contributed by atoms with Crippen molar-refractivity contribution < 1.29 is 4.79 Å². The first kappa shape index (κ1) is 13.4. The number of para-hydroxylation sites is 1. The molecular weight excluding hydrogens is 260 g/mol. The van der Waals surface area contributed by atoms with Crippen LogP contribution >= 0.6 is 0 Å². The van der Waals surface area contributed by atoms with E-state index >= 15 is 0 Å². The Morgan fingerprint density at radius 1 is 1.00 bits per heavy atom. The monoisotopic (exact) mass is 278 g/mol. The lowest BCUT2D eigenvalue weighted by molar-refractivity contribution is 0.0953. The fourth-order valence-corrected chi connectivity index (χ4v) is 2.51. The molecule has 0 bridgehead atoms. The van der Waals surface area contributed by atoms with E-state index in [2.05, 4.69) is 34.7 Å². The fraction of sp³-hybridized carbons (Fsp3) is 0.167. The number of carbonyl (C=O) groups is 1. The van der Waals surface area contributed by atoms with E-state index in [1.54, 1.807) is 0 Å². The van der Waals surface area contributed by atoms with E-state index in [0.29, 0.717) is 12.1 Å². The number of aryl methyl sites for hydroxylation is 1. The number of nitrogens with one attached hydrogen (secondary N) is 2. The molecule has 1 aromatic heterocycles. The van der Waals surface area contributed by atoms with Gasteiger partial charge in [-0.2, -0.15) is 0 Å². The average molecular weight is 278 g/mol. The molecule has 106 valence electrons. The summed E-state index contributed by atoms with van der Waals surface area (Å²) in [5.74, 6) is -0.00507. The first-order valence-electron chi connectivity index (χ1n) is 7.23. The Balaban J connectivity index is 1.52. The predicted molar refractivity (Wildman–Crippen MR) is 85.4 cm³/mol. The van der Waals surface area contributed by atoms with Crippen LogP contribution in [0.15, 0.2) is 60.8 Å². The van der Waals surface area contributed by atoms with Gasteiger partial charge < -0.3 is 10.3 Å². The molecule has 0 unspecified atom stereocenters. The molecule has 0 aliphatic carbocycles. The third-order valence-electron chi connectivity index (χ3n) is 3.62. The minimum atomic E-state index is -0.00507. The van der Waals surface area contributed by atoms with Gasteiger partial charge in [-0.05, 0) is 36.6 Å². The van der Waals surface area contributed by atoms with Crippen molar-refractivity contribution in [1.29, 1.82) is 0 Å². The van der Waals surface area contributed by atoms with E-state index in [1.807, 2.05) is 36.4 Å². The Morgan fingerprint density at radius 3 is 2.62 bits per heavy atom. The molecule has 1 heterocycles. The van der Waals surface area contributed by atoms with E-state index < -0.39 is 0 Å². The third-order valence-corrected chi connectivity index (χ3v) is 3.62. The highest BCUT2D eigenvalue weighted by Crippen LogP contribution is 2.18. The van der Waals surface area contributed by atoms with Crippen LogP contribution in [0.1, 0.15) is 22.3 Å². The normalized spacial score (nSPS) is 10.7. The summed E-state index contributed by atoms with van der Waals surface area (Å²) >= 11 is 0. The Kier molecular flexibility index (Phi) is 4.01. The molecule has 0 spiro atoms.